The number of nitrogens with one attached hydrogen (secondary N) is 1. The van der Waals surface area contributed by atoms with Gasteiger partial charge in [0.25, 0.3) is 0 Å². The summed E-state index contributed by atoms with van der Waals surface area (Å²) in [4.78, 5) is 37.3. The zero-order chi connectivity index (χ0) is 17.6. The number of fused-ring (bicyclic) bond motifs is 1. The van der Waals surface area contributed by atoms with Gasteiger partial charge in [0.2, 0.25) is 5.91 Å². The summed E-state index contributed by atoms with van der Waals surface area (Å²) in [5.74, 6) is -0.795. The van der Waals surface area contributed by atoms with Gasteiger partial charge >= 0.3 is 11.8 Å². The number of carbonyl (C=O) groups is 2. The minimum absolute atomic E-state index is 0.0243. The topological polar surface area (TPSA) is 93.8 Å². The van der Waals surface area contributed by atoms with Crippen LogP contribution in [0.4, 0.5) is 10.5 Å². The second-order valence-corrected chi connectivity index (χ2v) is 6.60. The molecule has 8 nitrogen and oxygen atoms in total. The number of cyclic esters (lactones) is 1. The Morgan fingerprint density at radius 1 is 1.29 bits per heavy atom. The molecule has 2 aromatic rings. The maximum Gasteiger partial charge on any atom is 0.420 e. The van der Waals surface area contributed by atoms with Gasteiger partial charge in [-0.3, -0.25) is 14.3 Å². The number of rotatable bonds is 2. The summed E-state index contributed by atoms with van der Waals surface area (Å²) in [5.41, 5.74) is 0.970. The highest BCUT2D eigenvalue weighted by Gasteiger charge is 2.39. The van der Waals surface area contributed by atoms with Crippen molar-refractivity contribution in [3.8, 4) is 0 Å². The van der Waals surface area contributed by atoms with Crippen LogP contribution in [0.2, 0.25) is 0 Å². The number of hydrogen-bond donors (Lipinski definition) is 1. The highest BCUT2D eigenvalue weighted by molar-refractivity contribution is 6.00. The molecule has 2 heterocycles. The second kappa shape index (κ2) is 5.40. The molecule has 1 atom stereocenters. The quantitative estimate of drug-likeness (QED) is 0.897. The Kier molecular flexibility index (Phi) is 3.62. The molecule has 2 amide bonds. The molecule has 1 saturated heterocycles. The number of aromatic nitrogens is 1. The van der Waals surface area contributed by atoms with Crippen LogP contribution in [-0.4, -0.2) is 36.3 Å². The van der Waals surface area contributed by atoms with Crippen molar-refractivity contribution in [1.29, 1.82) is 0 Å². The molecule has 0 bridgehead atoms. The third-order valence-corrected chi connectivity index (χ3v) is 3.94. The minimum atomic E-state index is -0.753. The number of anilines is 1. The fourth-order valence-corrected chi connectivity index (χ4v) is 2.86. The molecule has 1 N–H and O–H groups in total. The zero-order valence-corrected chi connectivity index (χ0v) is 14.0. The van der Waals surface area contributed by atoms with E-state index in [0.717, 1.165) is 0 Å². The smallest absolute Gasteiger partial charge is 0.420 e. The third kappa shape index (κ3) is 2.44. The lowest BCUT2D eigenvalue weighted by atomic mass is 10.1. The highest BCUT2D eigenvalue weighted by atomic mass is 16.6. The zero-order valence-electron chi connectivity index (χ0n) is 14.0. The first-order valence-electron chi connectivity index (χ1n) is 7.57. The number of ether oxygens (including phenoxy) is 1. The first kappa shape index (κ1) is 16.1. The molecule has 8 heteroatoms. The van der Waals surface area contributed by atoms with Crippen molar-refractivity contribution in [3.05, 3.63) is 28.7 Å². The van der Waals surface area contributed by atoms with Crippen LogP contribution in [0, 0.1) is 0 Å². The fourth-order valence-electron chi connectivity index (χ4n) is 2.86. The Labute approximate surface area is 138 Å². The lowest BCUT2D eigenvalue weighted by Gasteiger charge is -2.21. The largest absolute Gasteiger partial charge is 0.446 e. The molecule has 1 aliphatic rings. The number of amides is 2. The average Bonchev–Trinajstić information content (AvgIpc) is 3.04. The number of hydrogen-bond acceptors (Lipinski definition) is 5. The van der Waals surface area contributed by atoms with E-state index >= 15 is 0 Å². The first-order valence-corrected chi connectivity index (χ1v) is 7.57. The third-order valence-electron chi connectivity index (χ3n) is 3.94. The molecule has 0 radical (unpaired) electrons. The van der Waals surface area contributed by atoms with Gasteiger partial charge in [-0.15, -0.1) is 0 Å². The number of likely N-dealkylation sites (N-methyl/N-ethyl adjacent to an activating group) is 1. The van der Waals surface area contributed by atoms with E-state index < -0.39 is 23.4 Å². The maximum atomic E-state index is 12.1. The highest BCUT2D eigenvalue weighted by Crippen LogP contribution is 2.28. The monoisotopic (exact) mass is 333 g/mol. The SMILES string of the molecule is CNC(=O)[C@@H]1COC(=O)N1c1ccc2c(c1)oc(=O)n2C(C)(C)C. The Hall–Kier alpha value is -2.77. The van der Waals surface area contributed by atoms with Gasteiger partial charge in [0.15, 0.2) is 11.6 Å². The van der Waals surface area contributed by atoms with Crippen LogP contribution < -0.4 is 16.0 Å². The fraction of sp³-hybridized carbons (Fsp3) is 0.438. The van der Waals surface area contributed by atoms with Crippen LogP contribution in [0.15, 0.2) is 27.4 Å². The standard InChI is InChI=1S/C16H19N3O5/c1-16(2,3)19-10-6-5-9(7-12(10)24-15(19)22)18-11(13(20)17-4)8-23-14(18)21/h5-7,11H,8H2,1-4H3,(H,17,20)/t11-/m0/s1. The predicted molar refractivity (Wildman–Crippen MR) is 87.2 cm³/mol. The van der Waals surface area contributed by atoms with Crippen molar-refractivity contribution >= 4 is 28.8 Å². The summed E-state index contributed by atoms with van der Waals surface area (Å²) in [6.45, 7) is 5.67. The van der Waals surface area contributed by atoms with Crippen molar-refractivity contribution in [1.82, 2.24) is 9.88 Å². The molecular formula is C16H19N3O5. The van der Waals surface area contributed by atoms with Crippen LogP contribution in [0.1, 0.15) is 20.8 Å². The van der Waals surface area contributed by atoms with E-state index in [0.29, 0.717) is 16.8 Å². The lowest BCUT2D eigenvalue weighted by molar-refractivity contribution is -0.121. The van der Waals surface area contributed by atoms with E-state index in [1.807, 2.05) is 20.8 Å². The molecule has 24 heavy (non-hydrogen) atoms. The molecule has 0 unspecified atom stereocenters. The second-order valence-electron chi connectivity index (χ2n) is 6.60. The maximum absolute atomic E-state index is 12.1. The van der Waals surface area contributed by atoms with E-state index in [-0.39, 0.29) is 12.5 Å². The lowest BCUT2D eigenvalue weighted by Crippen LogP contribution is -2.44. The van der Waals surface area contributed by atoms with Gasteiger partial charge in [-0.05, 0) is 32.9 Å². The van der Waals surface area contributed by atoms with Crippen molar-refractivity contribution in [2.45, 2.75) is 32.4 Å². The summed E-state index contributed by atoms with van der Waals surface area (Å²) in [7, 11) is 1.50. The van der Waals surface area contributed by atoms with E-state index in [9.17, 15) is 14.4 Å². The van der Waals surface area contributed by atoms with Crippen molar-refractivity contribution in [2.24, 2.45) is 0 Å². The van der Waals surface area contributed by atoms with Gasteiger partial charge in [0.05, 0.1) is 11.2 Å². The normalized spacial score (nSPS) is 18.1. The minimum Gasteiger partial charge on any atom is -0.446 e. The van der Waals surface area contributed by atoms with E-state index in [2.05, 4.69) is 5.32 Å². The van der Waals surface area contributed by atoms with Gasteiger partial charge in [-0.25, -0.2) is 9.59 Å². The molecule has 0 spiro atoms. The number of nitrogens with zero attached hydrogens (tertiary/aromatic N) is 2. The van der Waals surface area contributed by atoms with Crippen LogP contribution in [0.5, 0.6) is 0 Å². The molecule has 128 valence electrons. The van der Waals surface area contributed by atoms with Crippen LogP contribution >= 0.6 is 0 Å². The van der Waals surface area contributed by atoms with E-state index in [1.54, 1.807) is 22.8 Å². The Bertz CT molecular complexity index is 874. The van der Waals surface area contributed by atoms with Crippen LogP contribution in [-0.2, 0) is 15.1 Å². The van der Waals surface area contributed by atoms with Gasteiger partial charge < -0.3 is 14.5 Å². The van der Waals surface area contributed by atoms with E-state index in [4.69, 9.17) is 9.15 Å². The molecule has 0 saturated carbocycles. The van der Waals surface area contributed by atoms with Crippen LogP contribution in [0.25, 0.3) is 11.1 Å². The summed E-state index contributed by atoms with van der Waals surface area (Å²) < 4.78 is 11.8. The van der Waals surface area contributed by atoms with Gasteiger partial charge in [-0.2, -0.15) is 0 Å². The summed E-state index contributed by atoms with van der Waals surface area (Å²) in [6, 6.07) is 4.19. The Morgan fingerprint density at radius 2 is 2.00 bits per heavy atom. The predicted octanol–water partition coefficient (Wildman–Crippen LogP) is 1.42. The number of carbonyl (C=O) groups excluding carboxylic acids is 2. The molecule has 1 aromatic heterocycles. The van der Waals surface area contributed by atoms with Gasteiger partial charge in [-0.1, -0.05) is 0 Å². The molecular weight excluding hydrogens is 314 g/mol. The van der Waals surface area contributed by atoms with Gasteiger partial charge in [0, 0.05) is 18.7 Å². The molecule has 0 aliphatic carbocycles. The Balaban J connectivity index is 2.10. The summed E-state index contributed by atoms with van der Waals surface area (Å²) >= 11 is 0. The summed E-state index contributed by atoms with van der Waals surface area (Å²) in [5, 5.41) is 2.51. The van der Waals surface area contributed by atoms with E-state index in [1.165, 1.54) is 11.9 Å². The number of benzene rings is 1. The number of oxazole rings is 1. The molecule has 1 fully saturated rings. The summed E-state index contributed by atoms with van der Waals surface area (Å²) in [6.07, 6.45) is -0.611. The molecule has 3 rings (SSSR count). The molecule has 1 aliphatic heterocycles. The van der Waals surface area contributed by atoms with Crippen LogP contribution in [0.3, 0.4) is 0 Å². The first-order chi connectivity index (χ1) is 11.2. The van der Waals surface area contributed by atoms with Crippen molar-refractivity contribution in [2.75, 3.05) is 18.6 Å². The molecule has 1 aromatic carbocycles. The van der Waals surface area contributed by atoms with Crippen molar-refractivity contribution < 1.29 is 18.7 Å². The van der Waals surface area contributed by atoms with Gasteiger partial charge in [0.1, 0.15) is 6.61 Å². The van der Waals surface area contributed by atoms with Crippen molar-refractivity contribution in [3.63, 3.8) is 0 Å². The Morgan fingerprint density at radius 3 is 2.62 bits per heavy atom. The average molecular weight is 333 g/mol.